The quantitative estimate of drug-likeness (QED) is 0.716. The van der Waals surface area contributed by atoms with E-state index in [-0.39, 0.29) is 22.9 Å². The molecule has 1 N–H and O–H groups in total. The van der Waals surface area contributed by atoms with Gasteiger partial charge in [0.05, 0.1) is 0 Å². The molecule has 5 rings (SSSR count). The second-order valence-corrected chi connectivity index (χ2v) is 8.18. The molecule has 3 aromatic rings. The van der Waals surface area contributed by atoms with Crippen LogP contribution >= 0.6 is 11.6 Å². The molecule has 26 heavy (non-hydrogen) atoms. The van der Waals surface area contributed by atoms with Gasteiger partial charge in [0.15, 0.2) is 22.5 Å². The maximum Gasteiger partial charge on any atom is 0.287 e. The number of carbonyl (C=O) groups excluding carboxylic acids is 1. The van der Waals surface area contributed by atoms with E-state index in [9.17, 15) is 4.79 Å². The van der Waals surface area contributed by atoms with Gasteiger partial charge < -0.3 is 14.2 Å². The largest absolute Gasteiger partial charge is 0.440 e. The number of benzene rings is 1. The van der Waals surface area contributed by atoms with Gasteiger partial charge in [0.2, 0.25) is 0 Å². The van der Waals surface area contributed by atoms with Crippen molar-refractivity contribution in [3.05, 3.63) is 52.8 Å². The van der Waals surface area contributed by atoms with E-state index < -0.39 is 0 Å². The summed E-state index contributed by atoms with van der Waals surface area (Å²) in [7, 11) is 0. The SMILES string of the molecule is Cc1ccc2oc(C3CC4(CC(NC(=O)c5ccc(Cl)o5)C4)C3)nc2c1. The molecule has 0 radical (unpaired) electrons. The maximum absolute atomic E-state index is 12.1. The van der Waals surface area contributed by atoms with Crippen molar-refractivity contribution < 1.29 is 13.6 Å². The number of nitrogens with one attached hydrogen (secondary N) is 1. The van der Waals surface area contributed by atoms with Gasteiger partial charge in [-0.05, 0) is 79.5 Å². The van der Waals surface area contributed by atoms with E-state index in [4.69, 9.17) is 20.4 Å². The molecule has 0 saturated heterocycles. The minimum Gasteiger partial charge on any atom is -0.440 e. The Morgan fingerprint density at radius 2 is 2.00 bits per heavy atom. The molecule has 1 spiro atoms. The average Bonchev–Trinajstić information content (AvgIpc) is 3.13. The van der Waals surface area contributed by atoms with Crippen LogP contribution < -0.4 is 5.32 Å². The number of oxazole rings is 1. The fraction of sp³-hybridized carbons (Fsp3) is 0.400. The van der Waals surface area contributed by atoms with Crippen LogP contribution in [-0.2, 0) is 0 Å². The van der Waals surface area contributed by atoms with Gasteiger partial charge in [-0.1, -0.05) is 6.07 Å². The van der Waals surface area contributed by atoms with E-state index in [0.717, 1.165) is 42.7 Å². The van der Waals surface area contributed by atoms with Gasteiger partial charge in [-0.25, -0.2) is 4.98 Å². The number of halogens is 1. The number of fused-ring (bicyclic) bond motifs is 1. The number of aryl methyl sites for hydroxylation is 1. The standard InChI is InChI=1S/C20H19ClN2O3/c1-11-2-3-15-14(6-11)23-19(26-15)12-7-20(8-12)9-13(10-20)22-18(24)16-4-5-17(21)25-16/h2-6,12-13H,7-10H2,1H3,(H,22,24). The van der Waals surface area contributed by atoms with Crippen molar-refractivity contribution in [2.75, 3.05) is 0 Å². The molecule has 1 aromatic carbocycles. The van der Waals surface area contributed by atoms with Gasteiger partial charge in [0.25, 0.3) is 5.91 Å². The monoisotopic (exact) mass is 370 g/mol. The zero-order valence-electron chi connectivity index (χ0n) is 14.4. The number of amides is 1. The topological polar surface area (TPSA) is 68.3 Å². The minimum atomic E-state index is -0.193. The summed E-state index contributed by atoms with van der Waals surface area (Å²) >= 11 is 5.72. The van der Waals surface area contributed by atoms with E-state index in [1.165, 1.54) is 5.56 Å². The first-order valence-corrected chi connectivity index (χ1v) is 9.31. The third-order valence-electron chi connectivity index (χ3n) is 5.76. The van der Waals surface area contributed by atoms with Crippen LogP contribution in [0.5, 0.6) is 0 Å². The lowest BCUT2D eigenvalue weighted by Crippen LogP contribution is -2.55. The molecule has 1 amide bonds. The highest BCUT2D eigenvalue weighted by atomic mass is 35.5. The van der Waals surface area contributed by atoms with Crippen LogP contribution in [0.3, 0.4) is 0 Å². The Labute approximate surface area is 155 Å². The van der Waals surface area contributed by atoms with Crippen LogP contribution in [-0.4, -0.2) is 16.9 Å². The predicted octanol–water partition coefficient (Wildman–Crippen LogP) is 4.84. The third-order valence-corrected chi connectivity index (χ3v) is 5.96. The smallest absolute Gasteiger partial charge is 0.287 e. The van der Waals surface area contributed by atoms with Crippen LogP contribution in [0.4, 0.5) is 0 Å². The summed E-state index contributed by atoms with van der Waals surface area (Å²) in [6, 6.07) is 9.49. The number of furan rings is 1. The second-order valence-electron chi connectivity index (χ2n) is 7.81. The molecule has 0 bridgehead atoms. The van der Waals surface area contributed by atoms with Crippen LogP contribution in [0.1, 0.15) is 53.6 Å². The fourth-order valence-corrected chi connectivity index (χ4v) is 4.65. The van der Waals surface area contributed by atoms with Crippen molar-refractivity contribution in [3.63, 3.8) is 0 Å². The fourth-order valence-electron chi connectivity index (χ4n) is 4.50. The van der Waals surface area contributed by atoms with E-state index in [0.29, 0.717) is 11.3 Å². The van der Waals surface area contributed by atoms with Crippen LogP contribution in [0, 0.1) is 12.3 Å². The Bertz CT molecular complexity index is 992. The third kappa shape index (κ3) is 2.62. The maximum atomic E-state index is 12.1. The van der Waals surface area contributed by atoms with E-state index in [2.05, 4.69) is 23.3 Å². The van der Waals surface area contributed by atoms with Crippen molar-refractivity contribution in [2.45, 2.75) is 44.6 Å². The first kappa shape index (κ1) is 15.9. The van der Waals surface area contributed by atoms with Crippen molar-refractivity contribution in [3.8, 4) is 0 Å². The van der Waals surface area contributed by atoms with Gasteiger partial charge in [-0.15, -0.1) is 0 Å². The number of aromatic nitrogens is 1. The molecule has 0 atom stereocenters. The molecular weight excluding hydrogens is 352 g/mol. The molecular formula is C20H19ClN2O3. The van der Waals surface area contributed by atoms with E-state index >= 15 is 0 Å². The van der Waals surface area contributed by atoms with E-state index in [1.54, 1.807) is 12.1 Å². The van der Waals surface area contributed by atoms with Gasteiger partial charge in [-0.2, -0.15) is 0 Å². The average molecular weight is 371 g/mol. The molecule has 134 valence electrons. The molecule has 2 fully saturated rings. The predicted molar refractivity (Wildman–Crippen MR) is 97.4 cm³/mol. The summed E-state index contributed by atoms with van der Waals surface area (Å²) in [5.74, 6) is 1.32. The number of hydrogen-bond donors (Lipinski definition) is 1. The number of hydrogen-bond acceptors (Lipinski definition) is 4. The van der Waals surface area contributed by atoms with Crippen molar-refractivity contribution in [1.29, 1.82) is 0 Å². The van der Waals surface area contributed by atoms with Gasteiger partial charge in [-0.3, -0.25) is 4.79 Å². The summed E-state index contributed by atoms with van der Waals surface area (Å²) < 4.78 is 11.1. The number of nitrogens with zero attached hydrogens (tertiary/aromatic N) is 1. The first-order chi connectivity index (χ1) is 12.5. The van der Waals surface area contributed by atoms with Crippen molar-refractivity contribution in [2.24, 2.45) is 5.41 Å². The lowest BCUT2D eigenvalue weighted by Gasteiger charge is -2.57. The van der Waals surface area contributed by atoms with Crippen molar-refractivity contribution in [1.82, 2.24) is 10.3 Å². The number of carbonyl (C=O) groups is 1. The molecule has 2 saturated carbocycles. The Kier molecular flexibility index (Phi) is 3.44. The highest BCUT2D eigenvalue weighted by Gasteiger charge is 2.54. The van der Waals surface area contributed by atoms with E-state index in [1.807, 2.05) is 12.1 Å². The second kappa shape index (κ2) is 5.61. The molecule has 2 aliphatic rings. The first-order valence-electron chi connectivity index (χ1n) is 8.93. The van der Waals surface area contributed by atoms with Crippen LogP contribution in [0.15, 0.2) is 39.2 Å². The molecule has 0 unspecified atom stereocenters. The van der Waals surface area contributed by atoms with Gasteiger partial charge in [0, 0.05) is 12.0 Å². The molecule has 2 aliphatic carbocycles. The molecule has 6 heteroatoms. The zero-order valence-corrected chi connectivity index (χ0v) is 15.2. The summed E-state index contributed by atoms with van der Waals surface area (Å²) in [6.45, 7) is 2.06. The highest BCUT2D eigenvalue weighted by molar-refractivity contribution is 6.29. The molecule has 5 nitrogen and oxygen atoms in total. The normalized spacial score (nSPS) is 27.3. The minimum absolute atomic E-state index is 0.193. The Morgan fingerprint density at radius 1 is 1.19 bits per heavy atom. The summed E-state index contributed by atoms with van der Waals surface area (Å²) in [5, 5.41) is 3.25. The van der Waals surface area contributed by atoms with Crippen LogP contribution in [0.25, 0.3) is 11.1 Å². The molecule has 2 heterocycles. The Balaban J connectivity index is 1.18. The van der Waals surface area contributed by atoms with Crippen LogP contribution in [0.2, 0.25) is 5.22 Å². The lowest BCUT2D eigenvalue weighted by molar-refractivity contribution is -0.0256. The lowest BCUT2D eigenvalue weighted by atomic mass is 9.50. The highest BCUT2D eigenvalue weighted by Crippen LogP contribution is 2.61. The Morgan fingerprint density at radius 3 is 2.73 bits per heavy atom. The number of rotatable bonds is 3. The summed E-state index contributed by atoms with van der Waals surface area (Å²) in [6.07, 6.45) is 4.17. The zero-order chi connectivity index (χ0) is 17.9. The molecule has 2 aromatic heterocycles. The summed E-state index contributed by atoms with van der Waals surface area (Å²) in [5.41, 5.74) is 3.33. The Hall–Kier alpha value is -2.27. The van der Waals surface area contributed by atoms with Crippen molar-refractivity contribution >= 4 is 28.6 Å². The van der Waals surface area contributed by atoms with Gasteiger partial charge in [0.1, 0.15) is 5.52 Å². The summed E-state index contributed by atoms with van der Waals surface area (Å²) in [4.78, 5) is 16.8. The van der Waals surface area contributed by atoms with Gasteiger partial charge >= 0.3 is 0 Å². The molecule has 0 aliphatic heterocycles.